The van der Waals surface area contributed by atoms with Crippen molar-refractivity contribution in [3.63, 3.8) is 0 Å². The summed E-state index contributed by atoms with van der Waals surface area (Å²) in [5, 5.41) is 14.6. The van der Waals surface area contributed by atoms with Crippen molar-refractivity contribution >= 4 is 11.9 Å². The molecule has 2 atom stereocenters. The van der Waals surface area contributed by atoms with Gasteiger partial charge in [-0.3, -0.25) is 15.0 Å². The fourth-order valence-electron chi connectivity index (χ4n) is 2.32. The van der Waals surface area contributed by atoms with Gasteiger partial charge in [0, 0.05) is 12.6 Å². The second-order valence-corrected chi connectivity index (χ2v) is 4.74. The fourth-order valence-corrected chi connectivity index (χ4v) is 2.32. The lowest BCUT2D eigenvalue weighted by Crippen LogP contribution is -2.49. The highest BCUT2D eigenvalue weighted by molar-refractivity contribution is 5.95. The van der Waals surface area contributed by atoms with E-state index >= 15 is 0 Å². The van der Waals surface area contributed by atoms with E-state index in [-0.39, 0.29) is 24.6 Å². The van der Waals surface area contributed by atoms with Crippen LogP contribution in [0.2, 0.25) is 0 Å². The predicted molar refractivity (Wildman–Crippen MR) is 68.1 cm³/mol. The molecular formula is C12H23N3O3. The Morgan fingerprint density at radius 1 is 1.33 bits per heavy atom. The van der Waals surface area contributed by atoms with Gasteiger partial charge in [0.25, 0.3) is 0 Å². The summed E-state index contributed by atoms with van der Waals surface area (Å²) in [4.78, 5) is 24.6. The van der Waals surface area contributed by atoms with Crippen molar-refractivity contribution in [1.82, 2.24) is 15.5 Å². The van der Waals surface area contributed by atoms with Crippen molar-refractivity contribution in [1.29, 1.82) is 0 Å². The smallest absolute Gasteiger partial charge is 0.321 e. The van der Waals surface area contributed by atoms with Crippen LogP contribution in [0.1, 0.15) is 32.6 Å². The summed E-state index contributed by atoms with van der Waals surface area (Å²) in [5.74, 6) is -0.346. The van der Waals surface area contributed by atoms with E-state index < -0.39 is 6.03 Å². The van der Waals surface area contributed by atoms with Crippen LogP contribution in [0.3, 0.4) is 0 Å². The van der Waals surface area contributed by atoms with Gasteiger partial charge in [-0.15, -0.1) is 0 Å². The van der Waals surface area contributed by atoms with Gasteiger partial charge in [0.2, 0.25) is 5.91 Å². The average Bonchev–Trinajstić information content (AvgIpc) is 2.29. The highest BCUT2D eigenvalue weighted by Crippen LogP contribution is 2.21. The number of carbonyl (C=O) groups is 2. The lowest BCUT2D eigenvalue weighted by atomic mass is 9.91. The van der Waals surface area contributed by atoms with Crippen molar-refractivity contribution in [3.05, 3.63) is 0 Å². The van der Waals surface area contributed by atoms with E-state index in [1.54, 1.807) is 14.0 Å². The highest BCUT2D eigenvalue weighted by Gasteiger charge is 2.27. The topological polar surface area (TPSA) is 81.7 Å². The van der Waals surface area contributed by atoms with Gasteiger partial charge < -0.3 is 10.4 Å². The van der Waals surface area contributed by atoms with Gasteiger partial charge in [-0.05, 0) is 26.8 Å². The lowest BCUT2D eigenvalue weighted by Gasteiger charge is -2.34. The van der Waals surface area contributed by atoms with Crippen LogP contribution >= 0.6 is 0 Å². The Morgan fingerprint density at radius 3 is 2.61 bits per heavy atom. The van der Waals surface area contributed by atoms with Crippen molar-refractivity contribution in [3.8, 4) is 0 Å². The molecule has 1 aliphatic rings. The first-order valence-electron chi connectivity index (χ1n) is 6.50. The minimum atomic E-state index is -0.472. The molecule has 6 heteroatoms. The standard InChI is InChI=1S/C12H23N3O3/c1-3-13-12(18)14-11(17)8-15(2)9-6-4-5-7-10(9)16/h9-10,16H,3-8H2,1-2H3,(H2,13,14,17,18). The zero-order valence-electron chi connectivity index (χ0n) is 11.1. The van der Waals surface area contributed by atoms with Crippen LogP contribution in [-0.4, -0.2) is 54.2 Å². The quantitative estimate of drug-likeness (QED) is 0.665. The van der Waals surface area contributed by atoms with Gasteiger partial charge in [-0.1, -0.05) is 12.8 Å². The molecule has 0 aliphatic heterocycles. The number of likely N-dealkylation sites (N-methyl/N-ethyl adjacent to an activating group) is 1. The molecule has 18 heavy (non-hydrogen) atoms. The Morgan fingerprint density at radius 2 is 2.00 bits per heavy atom. The molecule has 1 fully saturated rings. The van der Waals surface area contributed by atoms with Gasteiger partial charge in [0.05, 0.1) is 12.6 Å². The summed E-state index contributed by atoms with van der Waals surface area (Å²) < 4.78 is 0. The summed E-state index contributed by atoms with van der Waals surface area (Å²) in [6.07, 6.45) is 3.42. The van der Waals surface area contributed by atoms with Crippen molar-refractivity contribution < 1.29 is 14.7 Å². The molecule has 104 valence electrons. The first-order valence-corrected chi connectivity index (χ1v) is 6.50. The average molecular weight is 257 g/mol. The highest BCUT2D eigenvalue weighted by atomic mass is 16.3. The molecule has 1 rings (SSSR count). The zero-order chi connectivity index (χ0) is 13.5. The van der Waals surface area contributed by atoms with Crippen LogP contribution in [0, 0.1) is 0 Å². The van der Waals surface area contributed by atoms with E-state index in [1.165, 1.54) is 0 Å². The van der Waals surface area contributed by atoms with Crippen LogP contribution in [0.4, 0.5) is 4.79 Å². The number of nitrogens with one attached hydrogen (secondary N) is 2. The zero-order valence-corrected chi connectivity index (χ0v) is 11.1. The Balaban J connectivity index is 2.36. The van der Waals surface area contributed by atoms with Crippen LogP contribution in [0.25, 0.3) is 0 Å². The van der Waals surface area contributed by atoms with Gasteiger partial charge >= 0.3 is 6.03 Å². The molecule has 0 bridgehead atoms. The first-order chi connectivity index (χ1) is 8.54. The maximum absolute atomic E-state index is 11.6. The number of hydrogen-bond acceptors (Lipinski definition) is 4. The van der Waals surface area contributed by atoms with Crippen molar-refractivity contribution in [2.45, 2.75) is 44.8 Å². The Bertz CT molecular complexity index is 296. The number of aliphatic hydroxyl groups is 1. The van der Waals surface area contributed by atoms with Gasteiger partial charge in [-0.2, -0.15) is 0 Å². The van der Waals surface area contributed by atoms with E-state index in [4.69, 9.17) is 0 Å². The molecule has 1 saturated carbocycles. The summed E-state index contributed by atoms with van der Waals surface area (Å²) in [7, 11) is 1.80. The Kier molecular flexibility index (Phi) is 6.07. The third-order valence-electron chi connectivity index (χ3n) is 3.24. The van der Waals surface area contributed by atoms with Gasteiger partial charge in [-0.25, -0.2) is 4.79 Å². The molecule has 6 nitrogen and oxygen atoms in total. The Labute approximate surface area is 108 Å². The maximum Gasteiger partial charge on any atom is 0.321 e. The number of urea groups is 1. The van der Waals surface area contributed by atoms with E-state index in [9.17, 15) is 14.7 Å². The van der Waals surface area contributed by atoms with Crippen molar-refractivity contribution in [2.24, 2.45) is 0 Å². The second-order valence-electron chi connectivity index (χ2n) is 4.74. The molecule has 0 aromatic carbocycles. The maximum atomic E-state index is 11.6. The van der Waals surface area contributed by atoms with Crippen LogP contribution in [0.5, 0.6) is 0 Å². The van der Waals surface area contributed by atoms with Crippen molar-refractivity contribution in [2.75, 3.05) is 20.1 Å². The molecule has 0 aromatic heterocycles. The molecule has 0 aromatic rings. The van der Waals surface area contributed by atoms with E-state index in [1.807, 2.05) is 4.90 Å². The first kappa shape index (κ1) is 14.9. The number of aliphatic hydroxyl groups excluding tert-OH is 1. The van der Waals surface area contributed by atoms with Crippen LogP contribution in [0.15, 0.2) is 0 Å². The van der Waals surface area contributed by atoms with E-state index in [0.29, 0.717) is 6.54 Å². The lowest BCUT2D eigenvalue weighted by molar-refractivity contribution is -0.122. The number of amides is 3. The predicted octanol–water partition coefficient (Wildman–Crippen LogP) is 0.0674. The summed E-state index contributed by atoms with van der Waals surface area (Å²) in [6, 6.07) is -0.459. The largest absolute Gasteiger partial charge is 0.391 e. The van der Waals surface area contributed by atoms with E-state index in [0.717, 1.165) is 25.7 Å². The molecule has 0 spiro atoms. The number of carbonyl (C=O) groups excluding carboxylic acids is 2. The summed E-state index contributed by atoms with van der Waals surface area (Å²) in [6.45, 7) is 2.39. The summed E-state index contributed by atoms with van der Waals surface area (Å²) >= 11 is 0. The normalized spacial score (nSPS) is 23.8. The van der Waals surface area contributed by atoms with Crippen LogP contribution < -0.4 is 10.6 Å². The number of hydrogen-bond donors (Lipinski definition) is 3. The van der Waals surface area contributed by atoms with Gasteiger partial charge in [0.15, 0.2) is 0 Å². The molecule has 3 amide bonds. The summed E-state index contributed by atoms with van der Waals surface area (Å²) in [5.41, 5.74) is 0. The molecule has 0 radical (unpaired) electrons. The fraction of sp³-hybridized carbons (Fsp3) is 0.833. The second kappa shape index (κ2) is 7.33. The SMILES string of the molecule is CCNC(=O)NC(=O)CN(C)C1CCCCC1O. The Hall–Kier alpha value is -1.14. The van der Waals surface area contributed by atoms with Gasteiger partial charge in [0.1, 0.15) is 0 Å². The molecule has 3 N–H and O–H groups in total. The van der Waals surface area contributed by atoms with E-state index in [2.05, 4.69) is 10.6 Å². The third kappa shape index (κ3) is 4.62. The molecule has 2 unspecified atom stereocenters. The van der Waals surface area contributed by atoms with Crippen LogP contribution in [-0.2, 0) is 4.79 Å². The minimum Gasteiger partial charge on any atom is -0.391 e. The molecular weight excluding hydrogens is 234 g/mol. The number of nitrogens with zero attached hydrogens (tertiary/aromatic N) is 1. The molecule has 0 heterocycles. The monoisotopic (exact) mass is 257 g/mol. The number of rotatable bonds is 4. The molecule has 1 aliphatic carbocycles. The molecule has 0 saturated heterocycles. The third-order valence-corrected chi connectivity index (χ3v) is 3.24. The number of imide groups is 1. The minimum absolute atomic E-state index is 0.0127.